The molecular formula is C6H6N2O3. The second-order valence-corrected chi connectivity index (χ2v) is 1.91. The van der Waals surface area contributed by atoms with Gasteiger partial charge in [0, 0.05) is 10.8 Å². The Kier molecular flexibility index (Phi) is 2.00. The predicted octanol–water partition coefficient (Wildman–Crippen LogP) is 0.551. The van der Waals surface area contributed by atoms with Gasteiger partial charge in [0.25, 0.3) is 5.88 Å². The molecule has 0 aliphatic rings. The van der Waals surface area contributed by atoms with E-state index in [9.17, 15) is 4.79 Å². The molecule has 0 saturated heterocycles. The van der Waals surface area contributed by atoms with Crippen molar-refractivity contribution in [3.8, 4) is 5.88 Å². The zero-order valence-corrected chi connectivity index (χ0v) is 5.90. The lowest BCUT2D eigenvalue weighted by Gasteiger charge is -1.95. The predicted molar refractivity (Wildman–Crippen MR) is 34.7 cm³/mol. The van der Waals surface area contributed by atoms with Crippen LogP contribution in [0.15, 0.2) is 22.9 Å². The third-order valence-corrected chi connectivity index (χ3v) is 0.886. The van der Waals surface area contributed by atoms with Crippen molar-refractivity contribution >= 4 is 5.97 Å². The molecule has 0 spiro atoms. The van der Waals surface area contributed by atoms with Gasteiger partial charge in [0.1, 0.15) is 0 Å². The number of esters is 1. The zero-order valence-electron chi connectivity index (χ0n) is 5.90. The number of nitrogens with zero attached hydrogens (tertiary/aromatic N) is 2. The number of carbonyl (C=O) groups is 1. The van der Waals surface area contributed by atoms with E-state index >= 15 is 0 Å². The molecule has 0 saturated carbocycles. The Hall–Kier alpha value is -1.65. The maximum absolute atomic E-state index is 10.8. The molecule has 0 bridgehead atoms. The Morgan fingerprint density at radius 1 is 1.82 bits per heavy atom. The lowest BCUT2D eigenvalue weighted by atomic mass is 10.4. The summed E-state index contributed by atoms with van der Waals surface area (Å²) in [6.45, 7) is 4.92. The zero-order chi connectivity index (χ0) is 8.27. The van der Waals surface area contributed by atoms with Gasteiger partial charge in [0.05, 0.1) is 0 Å². The third-order valence-electron chi connectivity index (χ3n) is 0.886. The van der Waals surface area contributed by atoms with Crippen LogP contribution >= 0.6 is 0 Å². The molecule has 5 nitrogen and oxygen atoms in total. The highest BCUT2D eigenvalue weighted by Crippen LogP contribution is 2.04. The summed E-state index contributed by atoms with van der Waals surface area (Å²) < 4.78 is 8.94. The molecule has 0 amide bonds. The van der Waals surface area contributed by atoms with Crippen LogP contribution in [0.3, 0.4) is 0 Å². The molecule has 5 heteroatoms. The standard InChI is InChI=1S/C6H6N2O3/c1-4(2)6(9)11-5-3-10-8-7-5/h3H,1H2,2H3. The molecule has 11 heavy (non-hydrogen) atoms. The minimum absolute atomic E-state index is 0.0398. The van der Waals surface area contributed by atoms with Crippen LogP contribution in [0.5, 0.6) is 5.88 Å². The Balaban J connectivity index is 2.57. The fourth-order valence-electron chi connectivity index (χ4n) is 0.383. The Bertz CT molecular complexity index is 265. The fraction of sp³-hybridized carbons (Fsp3) is 0.167. The van der Waals surface area contributed by atoms with E-state index in [4.69, 9.17) is 0 Å². The molecular weight excluding hydrogens is 148 g/mol. The molecule has 1 aromatic heterocycles. The summed E-state index contributed by atoms with van der Waals surface area (Å²) in [5, 5.41) is 6.44. The summed E-state index contributed by atoms with van der Waals surface area (Å²) in [7, 11) is 0. The highest BCUT2D eigenvalue weighted by molar-refractivity contribution is 5.88. The normalized spacial score (nSPS) is 9.18. The SMILES string of the molecule is C=C(C)C(=O)Oc1conn1. The van der Waals surface area contributed by atoms with Crippen molar-refractivity contribution in [2.45, 2.75) is 6.92 Å². The van der Waals surface area contributed by atoms with Gasteiger partial charge in [-0.15, -0.1) is 0 Å². The van der Waals surface area contributed by atoms with Crippen molar-refractivity contribution in [3.05, 3.63) is 18.4 Å². The van der Waals surface area contributed by atoms with Gasteiger partial charge in [-0.05, 0) is 6.92 Å². The van der Waals surface area contributed by atoms with Crippen LogP contribution in [0.1, 0.15) is 6.92 Å². The quantitative estimate of drug-likeness (QED) is 0.459. The lowest BCUT2D eigenvalue weighted by molar-refractivity contribution is -0.130. The van der Waals surface area contributed by atoms with E-state index in [1.165, 1.54) is 6.92 Å². The number of hydrogen-bond acceptors (Lipinski definition) is 5. The third kappa shape index (κ3) is 1.89. The average Bonchev–Trinajstić information content (AvgIpc) is 2.39. The van der Waals surface area contributed by atoms with Crippen LogP contribution in [0.2, 0.25) is 0 Å². The van der Waals surface area contributed by atoms with Gasteiger partial charge in [-0.25, -0.2) is 4.79 Å². The van der Waals surface area contributed by atoms with Gasteiger partial charge >= 0.3 is 5.97 Å². The molecule has 0 aliphatic heterocycles. The summed E-state index contributed by atoms with van der Waals surface area (Å²) in [6.07, 6.45) is 1.13. The molecule has 0 atom stereocenters. The van der Waals surface area contributed by atoms with Crippen molar-refractivity contribution in [2.24, 2.45) is 0 Å². The Morgan fingerprint density at radius 3 is 3.00 bits per heavy atom. The van der Waals surface area contributed by atoms with E-state index in [0.717, 1.165) is 6.26 Å². The summed E-state index contributed by atoms with van der Waals surface area (Å²) in [6, 6.07) is 0. The largest absolute Gasteiger partial charge is 0.399 e. The van der Waals surface area contributed by atoms with Crippen LogP contribution in [-0.4, -0.2) is 16.3 Å². The molecule has 1 rings (SSSR count). The van der Waals surface area contributed by atoms with E-state index < -0.39 is 5.97 Å². The number of carbonyl (C=O) groups excluding carboxylic acids is 1. The molecule has 0 unspecified atom stereocenters. The second-order valence-electron chi connectivity index (χ2n) is 1.91. The maximum Gasteiger partial charge on any atom is 0.340 e. The van der Waals surface area contributed by atoms with Gasteiger partial charge in [-0.1, -0.05) is 11.7 Å². The van der Waals surface area contributed by atoms with Crippen molar-refractivity contribution in [1.82, 2.24) is 10.4 Å². The van der Waals surface area contributed by atoms with Crippen LogP contribution < -0.4 is 4.74 Å². The van der Waals surface area contributed by atoms with Crippen LogP contribution in [0.4, 0.5) is 0 Å². The molecule has 0 radical (unpaired) electrons. The van der Waals surface area contributed by atoms with Crippen LogP contribution in [0, 0.1) is 0 Å². The first-order valence-electron chi connectivity index (χ1n) is 2.85. The van der Waals surface area contributed by atoms with Crippen LogP contribution in [0.25, 0.3) is 0 Å². The summed E-state index contributed by atoms with van der Waals surface area (Å²) in [5.41, 5.74) is 0.299. The van der Waals surface area contributed by atoms with Gasteiger partial charge in [0.15, 0.2) is 6.26 Å². The number of hydrogen-bond donors (Lipinski definition) is 0. The van der Waals surface area contributed by atoms with E-state index in [-0.39, 0.29) is 5.88 Å². The Morgan fingerprint density at radius 2 is 2.55 bits per heavy atom. The molecule has 0 N–H and O–H groups in total. The van der Waals surface area contributed by atoms with Gasteiger partial charge < -0.3 is 9.26 Å². The van der Waals surface area contributed by atoms with Crippen molar-refractivity contribution in [3.63, 3.8) is 0 Å². The first kappa shape index (κ1) is 7.46. The first-order valence-corrected chi connectivity index (χ1v) is 2.85. The van der Waals surface area contributed by atoms with E-state index in [0.29, 0.717) is 5.57 Å². The smallest absolute Gasteiger partial charge is 0.340 e. The van der Waals surface area contributed by atoms with E-state index in [1.807, 2.05) is 0 Å². The topological polar surface area (TPSA) is 65.2 Å². The minimum Gasteiger partial charge on any atom is -0.399 e. The summed E-state index contributed by atoms with van der Waals surface area (Å²) in [4.78, 5) is 10.8. The molecule has 0 aromatic carbocycles. The highest BCUT2D eigenvalue weighted by Gasteiger charge is 2.06. The Labute approximate surface area is 62.6 Å². The van der Waals surface area contributed by atoms with Crippen LogP contribution in [-0.2, 0) is 4.79 Å². The molecule has 1 heterocycles. The summed E-state index contributed by atoms with van der Waals surface area (Å²) in [5.74, 6) is -0.501. The molecule has 1 aromatic rings. The van der Waals surface area contributed by atoms with Gasteiger partial charge in [-0.2, -0.15) is 0 Å². The minimum atomic E-state index is -0.541. The van der Waals surface area contributed by atoms with Crippen molar-refractivity contribution < 1.29 is 14.1 Å². The molecule has 58 valence electrons. The van der Waals surface area contributed by atoms with Gasteiger partial charge in [-0.3, -0.25) is 0 Å². The lowest BCUT2D eigenvalue weighted by Crippen LogP contribution is -2.08. The number of rotatable bonds is 2. The highest BCUT2D eigenvalue weighted by atomic mass is 16.6. The van der Waals surface area contributed by atoms with E-state index in [1.54, 1.807) is 0 Å². The molecule has 0 aliphatic carbocycles. The summed E-state index contributed by atoms with van der Waals surface area (Å²) >= 11 is 0. The molecule has 0 fully saturated rings. The van der Waals surface area contributed by atoms with Crippen molar-refractivity contribution in [2.75, 3.05) is 0 Å². The van der Waals surface area contributed by atoms with Crippen molar-refractivity contribution in [1.29, 1.82) is 0 Å². The first-order chi connectivity index (χ1) is 5.20. The van der Waals surface area contributed by atoms with E-state index in [2.05, 4.69) is 26.2 Å². The number of ether oxygens (including phenoxy) is 1. The average molecular weight is 154 g/mol. The number of aromatic nitrogens is 2. The second kappa shape index (κ2) is 2.96. The maximum atomic E-state index is 10.8. The monoisotopic (exact) mass is 154 g/mol. The fourth-order valence-corrected chi connectivity index (χ4v) is 0.383. The van der Waals surface area contributed by atoms with Gasteiger partial charge in [0.2, 0.25) is 0 Å².